The number of anilines is 1. The first-order chi connectivity index (χ1) is 11.6. The van der Waals surface area contributed by atoms with Gasteiger partial charge in [-0.3, -0.25) is 4.79 Å². The van der Waals surface area contributed by atoms with Crippen molar-refractivity contribution in [2.24, 2.45) is 0 Å². The summed E-state index contributed by atoms with van der Waals surface area (Å²) in [4.78, 5) is 12.8. The number of nitrogen functional groups attached to an aromatic ring is 1. The van der Waals surface area contributed by atoms with Gasteiger partial charge in [0.05, 0.1) is 33.8 Å². The van der Waals surface area contributed by atoms with Crippen molar-refractivity contribution < 1.29 is 19.0 Å². The maximum atomic E-state index is 12.8. The van der Waals surface area contributed by atoms with Crippen molar-refractivity contribution in [3.05, 3.63) is 47.0 Å². The summed E-state index contributed by atoms with van der Waals surface area (Å²) < 4.78 is 15.8. The summed E-state index contributed by atoms with van der Waals surface area (Å²) in [5.74, 6) is 0.883. The number of nitrogens with zero attached hydrogens (tertiary/aromatic N) is 1. The van der Waals surface area contributed by atoms with Gasteiger partial charge in [0, 0.05) is 16.8 Å². The molecule has 0 aliphatic carbocycles. The van der Waals surface area contributed by atoms with Gasteiger partial charge in [-0.05, 0) is 23.8 Å². The van der Waals surface area contributed by atoms with Gasteiger partial charge in [0.2, 0.25) is 5.75 Å². The minimum atomic E-state index is -0.286. The molecule has 2 aromatic rings. The van der Waals surface area contributed by atoms with Crippen molar-refractivity contribution in [3.63, 3.8) is 0 Å². The third kappa shape index (κ3) is 3.10. The maximum absolute atomic E-state index is 12.8. The molecule has 0 atom stereocenters. The molecule has 0 unspecified atom stereocenters. The lowest BCUT2D eigenvalue weighted by molar-refractivity contribution is 0.103. The smallest absolute Gasteiger partial charge is 0.203 e. The summed E-state index contributed by atoms with van der Waals surface area (Å²) in [5.41, 5.74) is 7.65. The Kier molecular flexibility index (Phi) is 5.27. The van der Waals surface area contributed by atoms with Gasteiger partial charge in [0.15, 0.2) is 17.3 Å². The lowest BCUT2D eigenvalue weighted by Gasteiger charge is -2.14. The molecule has 2 rings (SSSR count). The molecule has 0 spiro atoms. The highest BCUT2D eigenvalue weighted by Crippen LogP contribution is 2.39. The zero-order valence-corrected chi connectivity index (χ0v) is 13.8. The van der Waals surface area contributed by atoms with E-state index in [0.29, 0.717) is 39.6 Å². The van der Waals surface area contributed by atoms with E-state index in [9.17, 15) is 4.79 Å². The Bertz CT molecular complexity index is 784. The monoisotopic (exact) mass is 326 g/mol. The number of carbonyl (C=O) groups is 1. The molecule has 6 heteroatoms. The molecule has 0 saturated carbocycles. The molecule has 0 radical (unpaired) electrons. The van der Waals surface area contributed by atoms with E-state index in [1.807, 2.05) is 6.07 Å². The van der Waals surface area contributed by atoms with Crippen LogP contribution in [0.15, 0.2) is 30.3 Å². The van der Waals surface area contributed by atoms with Crippen LogP contribution in [0.1, 0.15) is 21.5 Å². The van der Waals surface area contributed by atoms with Crippen molar-refractivity contribution in [2.75, 3.05) is 27.1 Å². The molecule has 0 heterocycles. The zero-order chi connectivity index (χ0) is 17.7. The third-order valence-corrected chi connectivity index (χ3v) is 3.64. The highest BCUT2D eigenvalue weighted by molar-refractivity contribution is 6.13. The van der Waals surface area contributed by atoms with Gasteiger partial charge in [-0.2, -0.15) is 5.26 Å². The van der Waals surface area contributed by atoms with Gasteiger partial charge in [-0.25, -0.2) is 0 Å². The van der Waals surface area contributed by atoms with Crippen molar-refractivity contribution >= 4 is 11.5 Å². The molecule has 0 fully saturated rings. The predicted octanol–water partition coefficient (Wildman–Crippen LogP) is 2.59. The third-order valence-electron chi connectivity index (χ3n) is 3.64. The van der Waals surface area contributed by atoms with E-state index in [1.54, 1.807) is 30.3 Å². The van der Waals surface area contributed by atoms with Gasteiger partial charge in [-0.1, -0.05) is 12.1 Å². The molecular weight excluding hydrogens is 308 g/mol. The Morgan fingerprint density at radius 1 is 1.12 bits per heavy atom. The first-order valence-electron chi connectivity index (χ1n) is 7.16. The molecule has 24 heavy (non-hydrogen) atoms. The minimum Gasteiger partial charge on any atom is -0.493 e. The highest BCUT2D eigenvalue weighted by Gasteiger charge is 2.20. The van der Waals surface area contributed by atoms with Crippen LogP contribution in [0.2, 0.25) is 0 Å². The van der Waals surface area contributed by atoms with E-state index in [2.05, 4.69) is 0 Å². The van der Waals surface area contributed by atoms with E-state index >= 15 is 0 Å². The second-order valence-electron chi connectivity index (χ2n) is 4.96. The first-order valence-corrected chi connectivity index (χ1v) is 7.16. The normalized spacial score (nSPS) is 9.92. The average molecular weight is 326 g/mol. The molecule has 124 valence electrons. The van der Waals surface area contributed by atoms with Gasteiger partial charge in [0.25, 0.3) is 0 Å². The van der Waals surface area contributed by atoms with E-state index in [0.717, 1.165) is 0 Å². The van der Waals surface area contributed by atoms with Gasteiger partial charge in [0.1, 0.15) is 0 Å². The van der Waals surface area contributed by atoms with Crippen LogP contribution in [0.4, 0.5) is 5.69 Å². The summed E-state index contributed by atoms with van der Waals surface area (Å²) >= 11 is 0. The molecule has 0 aliphatic rings. The van der Waals surface area contributed by atoms with Crippen LogP contribution in [0.3, 0.4) is 0 Å². The highest BCUT2D eigenvalue weighted by atomic mass is 16.5. The summed E-state index contributed by atoms with van der Waals surface area (Å²) in [6.07, 6.45) is 0.141. The largest absolute Gasteiger partial charge is 0.493 e. The summed E-state index contributed by atoms with van der Waals surface area (Å²) in [5, 5.41) is 8.85. The number of ether oxygens (including phenoxy) is 3. The maximum Gasteiger partial charge on any atom is 0.203 e. The molecule has 0 bridgehead atoms. The number of nitriles is 1. The molecule has 6 nitrogen and oxygen atoms in total. The Labute approximate surface area is 140 Å². The number of nitrogens with two attached hydrogens (primary N) is 1. The lowest BCUT2D eigenvalue weighted by atomic mass is 9.97. The molecule has 0 aliphatic heterocycles. The van der Waals surface area contributed by atoms with Crippen LogP contribution in [0, 0.1) is 11.3 Å². The Hall–Kier alpha value is -3.20. The van der Waals surface area contributed by atoms with E-state index in [1.165, 1.54) is 21.3 Å². The van der Waals surface area contributed by atoms with Crippen LogP contribution in [-0.2, 0) is 6.42 Å². The van der Waals surface area contributed by atoms with E-state index in [-0.39, 0.29) is 12.2 Å². The van der Waals surface area contributed by atoms with Crippen molar-refractivity contribution in [3.8, 4) is 23.3 Å². The second-order valence-corrected chi connectivity index (χ2v) is 4.96. The lowest BCUT2D eigenvalue weighted by Crippen LogP contribution is -2.08. The molecule has 0 aromatic heterocycles. The molecule has 2 aromatic carbocycles. The zero-order valence-electron chi connectivity index (χ0n) is 13.8. The first kappa shape index (κ1) is 17.2. The molecule has 0 saturated heterocycles. The summed E-state index contributed by atoms with van der Waals surface area (Å²) in [6, 6.07) is 10.2. The van der Waals surface area contributed by atoms with Crippen molar-refractivity contribution in [1.29, 1.82) is 5.26 Å². The summed E-state index contributed by atoms with van der Waals surface area (Å²) in [7, 11) is 4.45. The van der Waals surface area contributed by atoms with Crippen LogP contribution in [-0.4, -0.2) is 27.1 Å². The van der Waals surface area contributed by atoms with Gasteiger partial charge >= 0.3 is 0 Å². The fourth-order valence-corrected chi connectivity index (χ4v) is 2.42. The minimum absolute atomic E-state index is 0.141. The van der Waals surface area contributed by atoms with Crippen LogP contribution in [0.25, 0.3) is 0 Å². The molecule has 0 amide bonds. The van der Waals surface area contributed by atoms with E-state index < -0.39 is 0 Å². The van der Waals surface area contributed by atoms with Crippen molar-refractivity contribution in [2.45, 2.75) is 6.42 Å². The molecular formula is C18H18N2O4. The topological polar surface area (TPSA) is 94.6 Å². The Morgan fingerprint density at radius 3 is 2.25 bits per heavy atom. The number of hydrogen-bond acceptors (Lipinski definition) is 6. The number of benzene rings is 2. The average Bonchev–Trinajstić information content (AvgIpc) is 2.61. The fourth-order valence-electron chi connectivity index (χ4n) is 2.42. The van der Waals surface area contributed by atoms with Gasteiger partial charge < -0.3 is 19.9 Å². The van der Waals surface area contributed by atoms with E-state index in [4.69, 9.17) is 25.2 Å². The standard InChI is InChI=1S/C18H18N2O4/c1-22-14-9-12(10-15(23-2)18(14)24-3)17(21)13-6-4-5-11(7-8-19)16(13)20/h4-6,9-10H,7,20H2,1-3H3. The summed E-state index contributed by atoms with van der Waals surface area (Å²) in [6.45, 7) is 0. The second kappa shape index (κ2) is 7.38. The molecule has 2 N–H and O–H groups in total. The number of carbonyl (C=O) groups excluding carboxylic acids is 1. The number of rotatable bonds is 6. The fraction of sp³-hybridized carbons (Fsp3) is 0.222. The van der Waals surface area contributed by atoms with Crippen molar-refractivity contribution in [1.82, 2.24) is 0 Å². The van der Waals surface area contributed by atoms with Crippen LogP contribution < -0.4 is 19.9 Å². The Morgan fingerprint density at radius 2 is 1.75 bits per heavy atom. The quantitative estimate of drug-likeness (QED) is 0.647. The van der Waals surface area contributed by atoms with Crippen LogP contribution in [0.5, 0.6) is 17.2 Å². The van der Waals surface area contributed by atoms with Crippen LogP contribution >= 0.6 is 0 Å². The number of hydrogen-bond donors (Lipinski definition) is 1. The Balaban J connectivity index is 2.55. The number of para-hydroxylation sites is 1. The predicted molar refractivity (Wildman–Crippen MR) is 89.7 cm³/mol. The SMILES string of the molecule is COc1cc(C(=O)c2cccc(CC#N)c2N)cc(OC)c1OC. The number of ketones is 1. The van der Waals surface area contributed by atoms with Gasteiger partial charge in [-0.15, -0.1) is 0 Å². The number of methoxy groups -OCH3 is 3.